The number of hydrogen-bond acceptors (Lipinski definition) is 1. The zero-order valence-corrected chi connectivity index (χ0v) is 6.92. The van der Waals surface area contributed by atoms with Crippen molar-refractivity contribution in [2.75, 3.05) is 0 Å². The zero-order valence-electron chi connectivity index (χ0n) is 6.92. The van der Waals surface area contributed by atoms with E-state index in [1.807, 2.05) is 0 Å². The van der Waals surface area contributed by atoms with Crippen molar-refractivity contribution < 1.29 is 26.3 Å². The SMILES string of the molecule is CC(C)(N)C(C(F)(F)F)C(F)(F)F. The molecule has 1 nitrogen and oxygen atoms in total. The molecule has 0 aliphatic heterocycles. The van der Waals surface area contributed by atoms with E-state index in [0.29, 0.717) is 13.8 Å². The van der Waals surface area contributed by atoms with Crippen LogP contribution in [0.4, 0.5) is 26.3 Å². The first-order valence-electron chi connectivity index (χ1n) is 3.29. The first kappa shape index (κ1) is 12.5. The smallest absolute Gasteiger partial charge is 0.325 e. The molecule has 0 amide bonds. The van der Waals surface area contributed by atoms with Gasteiger partial charge in [-0.1, -0.05) is 0 Å². The number of hydrogen-bond donors (Lipinski definition) is 1. The van der Waals surface area contributed by atoms with Crippen LogP contribution in [0.15, 0.2) is 0 Å². The maximum absolute atomic E-state index is 11.9. The van der Waals surface area contributed by atoms with Gasteiger partial charge in [-0.3, -0.25) is 0 Å². The Bertz CT molecular complexity index is 140. The van der Waals surface area contributed by atoms with Gasteiger partial charge in [0, 0.05) is 5.54 Å². The predicted molar refractivity (Wildman–Crippen MR) is 33.9 cm³/mol. The van der Waals surface area contributed by atoms with Crippen LogP contribution in [0.5, 0.6) is 0 Å². The Hall–Kier alpha value is -0.460. The van der Waals surface area contributed by atoms with Crippen molar-refractivity contribution in [1.29, 1.82) is 0 Å². The quantitative estimate of drug-likeness (QED) is 0.659. The van der Waals surface area contributed by atoms with E-state index in [2.05, 4.69) is 0 Å². The van der Waals surface area contributed by atoms with Gasteiger partial charge < -0.3 is 5.73 Å². The Morgan fingerprint density at radius 2 is 1.08 bits per heavy atom. The van der Waals surface area contributed by atoms with Gasteiger partial charge in [-0.25, -0.2) is 0 Å². The minimum atomic E-state index is -5.36. The average Bonchev–Trinajstić information content (AvgIpc) is 1.44. The summed E-state index contributed by atoms with van der Waals surface area (Å²) in [7, 11) is 0. The number of nitrogens with two attached hydrogens (primary N) is 1. The number of rotatable bonds is 1. The van der Waals surface area contributed by atoms with E-state index < -0.39 is 23.8 Å². The lowest BCUT2D eigenvalue weighted by molar-refractivity contribution is -0.298. The van der Waals surface area contributed by atoms with E-state index in [4.69, 9.17) is 5.73 Å². The molecule has 0 radical (unpaired) electrons. The molecule has 0 unspecified atom stereocenters. The molecule has 0 aromatic rings. The largest absolute Gasteiger partial charge is 0.402 e. The number of alkyl halides is 6. The summed E-state index contributed by atoms with van der Waals surface area (Å²) >= 11 is 0. The third-order valence-corrected chi connectivity index (χ3v) is 1.40. The molecule has 7 heteroatoms. The molecule has 2 N–H and O–H groups in total. The molecule has 0 aromatic heterocycles. The van der Waals surface area contributed by atoms with Crippen LogP contribution in [-0.4, -0.2) is 17.9 Å². The lowest BCUT2D eigenvalue weighted by Gasteiger charge is -2.33. The van der Waals surface area contributed by atoms with E-state index in [-0.39, 0.29) is 0 Å². The molecule has 0 saturated carbocycles. The fourth-order valence-electron chi connectivity index (χ4n) is 1.03. The zero-order chi connectivity index (χ0) is 11.1. The molecule has 0 rings (SSSR count). The number of halogens is 6. The molecule has 0 atom stereocenters. The highest BCUT2D eigenvalue weighted by molar-refractivity contribution is 4.91. The van der Waals surface area contributed by atoms with Gasteiger partial charge in [0.15, 0.2) is 5.92 Å². The van der Waals surface area contributed by atoms with Crippen LogP contribution >= 0.6 is 0 Å². The van der Waals surface area contributed by atoms with E-state index in [1.54, 1.807) is 0 Å². The Labute approximate surface area is 70.9 Å². The molecular formula is C6H9F6N. The van der Waals surface area contributed by atoms with E-state index in [1.165, 1.54) is 0 Å². The standard InChI is InChI=1S/C6H9F6N/c1-4(2,13)3(5(7,8)9)6(10,11)12/h3H,13H2,1-2H3. The van der Waals surface area contributed by atoms with Gasteiger partial charge >= 0.3 is 12.4 Å². The first-order chi connectivity index (χ1) is 5.37. The topological polar surface area (TPSA) is 26.0 Å². The summed E-state index contributed by atoms with van der Waals surface area (Å²) in [5.74, 6) is -3.49. The highest BCUT2D eigenvalue weighted by atomic mass is 19.4. The van der Waals surface area contributed by atoms with Crippen molar-refractivity contribution in [2.45, 2.75) is 31.7 Å². The maximum atomic E-state index is 11.9. The fourth-order valence-corrected chi connectivity index (χ4v) is 1.03. The minimum Gasteiger partial charge on any atom is -0.325 e. The summed E-state index contributed by atoms with van der Waals surface area (Å²) in [5.41, 5.74) is 2.45. The molecule has 80 valence electrons. The van der Waals surface area contributed by atoms with Gasteiger partial charge in [-0.2, -0.15) is 26.3 Å². The Morgan fingerprint density at radius 3 is 1.08 bits per heavy atom. The van der Waals surface area contributed by atoms with Crippen molar-refractivity contribution in [3.63, 3.8) is 0 Å². The molecule has 0 heterocycles. The molecule has 0 bridgehead atoms. The molecule has 0 spiro atoms. The van der Waals surface area contributed by atoms with Gasteiger partial charge in [-0.05, 0) is 13.8 Å². The molecule has 0 fully saturated rings. The van der Waals surface area contributed by atoms with Crippen molar-refractivity contribution in [2.24, 2.45) is 11.7 Å². The van der Waals surface area contributed by atoms with Gasteiger partial charge in [0.25, 0.3) is 0 Å². The van der Waals surface area contributed by atoms with Crippen molar-refractivity contribution in [1.82, 2.24) is 0 Å². The van der Waals surface area contributed by atoms with Crippen molar-refractivity contribution in [3.05, 3.63) is 0 Å². The van der Waals surface area contributed by atoms with Crippen LogP contribution in [0.1, 0.15) is 13.8 Å². The van der Waals surface area contributed by atoms with Gasteiger partial charge in [0.2, 0.25) is 0 Å². The molecule has 13 heavy (non-hydrogen) atoms. The summed E-state index contributed by atoms with van der Waals surface area (Å²) < 4.78 is 71.5. The van der Waals surface area contributed by atoms with Crippen LogP contribution in [0.25, 0.3) is 0 Å². The molecule has 0 aromatic carbocycles. The maximum Gasteiger partial charge on any atom is 0.402 e. The molecule has 0 aliphatic carbocycles. The summed E-state index contributed by atoms with van der Waals surface area (Å²) in [4.78, 5) is 0. The third-order valence-electron chi connectivity index (χ3n) is 1.40. The van der Waals surface area contributed by atoms with Crippen molar-refractivity contribution >= 4 is 0 Å². The predicted octanol–water partition coefficient (Wildman–Crippen LogP) is 2.46. The molecule has 0 aliphatic rings. The molecular weight excluding hydrogens is 200 g/mol. The van der Waals surface area contributed by atoms with Gasteiger partial charge in [0.05, 0.1) is 0 Å². The molecule has 0 saturated heterocycles. The van der Waals surface area contributed by atoms with Gasteiger partial charge in [-0.15, -0.1) is 0 Å². The lowest BCUT2D eigenvalue weighted by atomic mass is 9.87. The van der Waals surface area contributed by atoms with Crippen LogP contribution in [0, 0.1) is 5.92 Å². The van der Waals surface area contributed by atoms with E-state index >= 15 is 0 Å². The average molecular weight is 209 g/mol. The lowest BCUT2D eigenvalue weighted by Crippen LogP contribution is -2.55. The Balaban J connectivity index is 5.02. The summed E-state index contributed by atoms with van der Waals surface area (Å²) in [6.45, 7) is 1.39. The first-order valence-corrected chi connectivity index (χ1v) is 3.29. The minimum absolute atomic E-state index is 0.693. The second-order valence-electron chi connectivity index (χ2n) is 3.34. The summed E-state index contributed by atoms with van der Waals surface area (Å²) in [6, 6.07) is 0. The summed E-state index contributed by atoms with van der Waals surface area (Å²) in [5, 5.41) is 0. The monoisotopic (exact) mass is 209 g/mol. The second kappa shape index (κ2) is 3.04. The third kappa shape index (κ3) is 3.41. The highest BCUT2D eigenvalue weighted by Crippen LogP contribution is 2.44. The van der Waals surface area contributed by atoms with Crippen LogP contribution < -0.4 is 5.73 Å². The van der Waals surface area contributed by atoms with Crippen molar-refractivity contribution in [3.8, 4) is 0 Å². The van der Waals surface area contributed by atoms with Gasteiger partial charge in [0.1, 0.15) is 0 Å². The van der Waals surface area contributed by atoms with Crippen LogP contribution in [0.3, 0.4) is 0 Å². The second-order valence-corrected chi connectivity index (χ2v) is 3.34. The van der Waals surface area contributed by atoms with Crippen LogP contribution in [0.2, 0.25) is 0 Å². The Kier molecular flexibility index (Phi) is 2.93. The van der Waals surface area contributed by atoms with E-state index in [9.17, 15) is 26.3 Å². The normalized spacial score (nSPS) is 15.2. The Morgan fingerprint density at radius 1 is 0.846 bits per heavy atom. The fraction of sp³-hybridized carbons (Fsp3) is 1.00. The highest BCUT2D eigenvalue weighted by Gasteiger charge is 2.62. The van der Waals surface area contributed by atoms with E-state index in [0.717, 1.165) is 0 Å². The summed E-state index contributed by atoms with van der Waals surface area (Å²) in [6.07, 6.45) is -10.7. The van der Waals surface area contributed by atoms with Crippen LogP contribution in [-0.2, 0) is 0 Å².